The molecule has 94 valence electrons. The molecule has 0 amide bonds. The van der Waals surface area contributed by atoms with E-state index in [1.54, 1.807) is 19.1 Å². The molecule has 4 nitrogen and oxygen atoms in total. The number of aromatic amines is 1. The third-order valence-electron chi connectivity index (χ3n) is 2.75. The SMILES string of the molecule is Cc1c(Br)cccc1-n1c(=O)[nH]c(Cl)c(C)c1=O. The number of rotatable bonds is 1. The molecule has 6 heteroatoms. The number of halogens is 2. The van der Waals surface area contributed by atoms with Gasteiger partial charge in [-0.25, -0.2) is 9.36 Å². The molecule has 1 N–H and O–H groups in total. The summed E-state index contributed by atoms with van der Waals surface area (Å²) in [6.07, 6.45) is 0. The molecule has 18 heavy (non-hydrogen) atoms. The summed E-state index contributed by atoms with van der Waals surface area (Å²) in [5.41, 5.74) is 0.708. The zero-order valence-electron chi connectivity index (χ0n) is 9.75. The average Bonchev–Trinajstić information content (AvgIpc) is 2.32. The molecule has 0 aliphatic rings. The van der Waals surface area contributed by atoms with Crippen LogP contribution in [0, 0.1) is 13.8 Å². The van der Waals surface area contributed by atoms with Crippen LogP contribution in [-0.2, 0) is 0 Å². The Kier molecular flexibility index (Phi) is 3.45. The lowest BCUT2D eigenvalue weighted by molar-refractivity contribution is 0.853. The molecule has 0 saturated heterocycles. The van der Waals surface area contributed by atoms with Gasteiger partial charge < -0.3 is 0 Å². The first kappa shape index (κ1) is 13.1. The van der Waals surface area contributed by atoms with Gasteiger partial charge in [-0.1, -0.05) is 33.6 Å². The molecule has 0 radical (unpaired) electrons. The second kappa shape index (κ2) is 4.74. The Bertz CT molecular complexity index is 734. The van der Waals surface area contributed by atoms with E-state index < -0.39 is 11.2 Å². The predicted octanol–water partition coefficient (Wildman–Crippen LogP) is 2.56. The standard InChI is InChI=1S/C12H10BrClN2O2/c1-6-8(13)4-3-5-9(6)16-11(17)7(2)10(14)15-12(16)18/h3-5H,1-2H3,(H,15,18). The molecule has 1 aromatic carbocycles. The number of benzene rings is 1. The van der Waals surface area contributed by atoms with Crippen molar-refractivity contribution in [3.63, 3.8) is 0 Å². The van der Waals surface area contributed by atoms with Crippen molar-refractivity contribution >= 4 is 27.5 Å². The van der Waals surface area contributed by atoms with Crippen LogP contribution in [0.4, 0.5) is 0 Å². The second-order valence-corrected chi connectivity index (χ2v) is 5.13. The van der Waals surface area contributed by atoms with Crippen LogP contribution in [0.1, 0.15) is 11.1 Å². The summed E-state index contributed by atoms with van der Waals surface area (Å²) in [5, 5.41) is 0.0777. The van der Waals surface area contributed by atoms with Crippen molar-refractivity contribution in [2.45, 2.75) is 13.8 Å². The van der Waals surface area contributed by atoms with Crippen molar-refractivity contribution in [1.82, 2.24) is 9.55 Å². The van der Waals surface area contributed by atoms with Gasteiger partial charge in [0.15, 0.2) is 0 Å². The van der Waals surface area contributed by atoms with E-state index in [2.05, 4.69) is 20.9 Å². The molecule has 0 spiro atoms. The van der Waals surface area contributed by atoms with Crippen LogP contribution in [0.5, 0.6) is 0 Å². The number of hydrogen-bond donors (Lipinski definition) is 1. The third kappa shape index (κ3) is 2.04. The molecule has 0 aliphatic carbocycles. The highest BCUT2D eigenvalue weighted by Crippen LogP contribution is 2.21. The van der Waals surface area contributed by atoms with Gasteiger partial charge in [0.2, 0.25) is 0 Å². The highest BCUT2D eigenvalue weighted by Gasteiger charge is 2.13. The Labute approximate surface area is 116 Å². The Hall–Kier alpha value is -1.33. The van der Waals surface area contributed by atoms with Crippen LogP contribution in [0.25, 0.3) is 5.69 Å². The molecule has 0 bridgehead atoms. The van der Waals surface area contributed by atoms with Crippen molar-refractivity contribution in [2.75, 3.05) is 0 Å². The molecule has 0 unspecified atom stereocenters. The molecule has 0 atom stereocenters. The molecule has 1 aromatic heterocycles. The van der Waals surface area contributed by atoms with Gasteiger partial charge in [-0.3, -0.25) is 9.78 Å². The van der Waals surface area contributed by atoms with Gasteiger partial charge in [0.25, 0.3) is 5.56 Å². The fourth-order valence-electron chi connectivity index (χ4n) is 1.65. The van der Waals surface area contributed by atoms with Crippen LogP contribution >= 0.6 is 27.5 Å². The van der Waals surface area contributed by atoms with E-state index in [-0.39, 0.29) is 5.15 Å². The fourth-order valence-corrected chi connectivity index (χ4v) is 2.17. The van der Waals surface area contributed by atoms with E-state index in [0.717, 1.165) is 14.6 Å². The number of nitrogens with zero attached hydrogens (tertiary/aromatic N) is 1. The maximum absolute atomic E-state index is 12.1. The van der Waals surface area contributed by atoms with Crippen LogP contribution < -0.4 is 11.2 Å². The third-order valence-corrected chi connectivity index (χ3v) is 3.99. The highest BCUT2D eigenvalue weighted by molar-refractivity contribution is 9.10. The van der Waals surface area contributed by atoms with Gasteiger partial charge in [0, 0.05) is 4.47 Å². The van der Waals surface area contributed by atoms with Crippen molar-refractivity contribution in [2.24, 2.45) is 0 Å². The monoisotopic (exact) mass is 328 g/mol. The Morgan fingerprint density at radius 3 is 2.56 bits per heavy atom. The van der Waals surface area contributed by atoms with E-state index >= 15 is 0 Å². The lowest BCUT2D eigenvalue weighted by atomic mass is 10.2. The normalized spacial score (nSPS) is 10.7. The summed E-state index contributed by atoms with van der Waals surface area (Å²) in [6, 6.07) is 5.33. The van der Waals surface area contributed by atoms with Crippen LogP contribution in [0.2, 0.25) is 5.15 Å². The number of nitrogens with one attached hydrogen (secondary N) is 1. The first-order valence-corrected chi connectivity index (χ1v) is 6.37. The largest absolute Gasteiger partial charge is 0.334 e. The molecule has 2 aromatic rings. The average molecular weight is 330 g/mol. The minimum atomic E-state index is -0.545. The van der Waals surface area contributed by atoms with Gasteiger partial charge in [-0.15, -0.1) is 0 Å². The highest BCUT2D eigenvalue weighted by atomic mass is 79.9. The van der Waals surface area contributed by atoms with E-state index in [9.17, 15) is 9.59 Å². The minimum Gasteiger partial charge on any atom is -0.297 e. The quantitative estimate of drug-likeness (QED) is 0.818. The van der Waals surface area contributed by atoms with E-state index in [1.807, 2.05) is 13.0 Å². The molecular weight excluding hydrogens is 320 g/mol. The number of aromatic nitrogens is 2. The maximum Gasteiger partial charge on any atom is 0.334 e. The lowest BCUT2D eigenvalue weighted by Crippen LogP contribution is -2.35. The van der Waals surface area contributed by atoms with Crippen molar-refractivity contribution in [3.8, 4) is 5.69 Å². The topological polar surface area (TPSA) is 54.9 Å². The van der Waals surface area contributed by atoms with Gasteiger partial charge in [0.1, 0.15) is 5.15 Å². The maximum atomic E-state index is 12.1. The summed E-state index contributed by atoms with van der Waals surface area (Å²) >= 11 is 9.14. The summed E-state index contributed by atoms with van der Waals surface area (Å²) in [4.78, 5) is 26.5. The first-order chi connectivity index (χ1) is 8.43. The van der Waals surface area contributed by atoms with Crippen LogP contribution in [0.3, 0.4) is 0 Å². The van der Waals surface area contributed by atoms with Gasteiger partial charge in [-0.2, -0.15) is 0 Å². The van der Waals surface area contributed by atoms with E-state index in [4.69, 9.17) is 11.6 Å². The van der Waals surface area contributed by atoms with Crippen LogP contribution in [-0.4, -0.2) is 9.55 Å². The number of H-pyrrole nitrogens is 1. The van der Waals surface area contributed by atoms with Gasteiger partial charge in [-0.05, 0) is 31.5 Å². The Morgan fingerprint density at radius 2 is 1.89 bits per heavy atom. The smallest absolute Gasteiger partial charge is 0.297 e. The zero-order valence-corrected chi connectivity index (χ0v) is 12.1. The van der Waals surface area contributed by atoms with Crippen molar-refractivity contribution in [1.29, 1.82) is 0 Å². The zero-order chi connectivity index (χ0) is 13.4. The van der Waals surface area contributed by atoms with Gasteiger partial charge >= 0.3 is 5.69 Å². The minimum absolute atomic E-state index is 0.0777. The second-order valence-electron chi connectivity index (χ2n) is 3.89. The Morgan fingerprint density at radius 1 is 1.22 bits per heavy atom. The number of hydrogen-bond acceptors (Lipinski definition) is 2. The van der Waals surface area contributed by atoms with Crippen molar-refractivity contribution in [3.05, 3.63) is 59.8 Å². The molecular formula is C12H10BrClN2O2. The van der Waals surface area contributed by atoms with Gasteiger partial charge in [0.05, 0.1) is 11.3 Å². The predicted molar refractivity (Wildman–Crippen MR) is 74.8 cm³/mol. The van der Waals surface area contributed by atoms with Crippen molar-refractivity contribution < 1.29 is 0 Å². The molecule has 0 saturated carbocycles. The Balaban J connectivity index is 2.89. The first-order valence-electron chi connectivity index (χ1n) is 5.20. The van der Waals surface area contributed by atoms with E-state index in [0.29, 0.717) is 11.3 Å². The van der Waals surface area contributed by atoms with Crippen LogP contribution in [0.15, 0.2) is 32.3 Å². The van der Waals surface area contributed by atoms with E-state index in [1.165, 1.54) is 0 Å². The summed E-state index contributed by atoms with van der Waals surface area (Å²) in [7, 11) is 0. The fraction of sp³-hybridized carbons (Fsp3) is 0.167. The summed E-state index contributed by atoms with van der Waals surface area (Å²) in [5.74, 6) is 0. The summed E-state index contributed by atoms with van der Waals surface area (Å²) < 4.78 is 1.92. The molecule has 1 heterocycles. The summed E-state index contributed by atoms with van der Waals surface area (Å²) in [6.45, 7) is 3.40. The molecule has 0 aliphatic heterocycles. The molecule has 0 fully saturated rings. The lowest BCUT2D eigenvalue weighted by Gasteiger charge is -2.10. The molecule has 2 rings (SSSR count).